The van der Waals surface area contributed by atoms with E-state index in [0.29, 0.717) is 18.8 Å². The summed E-state index contributed by atoms with van der Waals surface area (Å²) in [5.74, 6) is -0.0987. The molecular weight excluding hydrogens is 336 g/mol. The highest BCUT2D eigenvalue weighted by molar-refractivity contribution is 9.11. The summed E-state index contributed by atoms with van der Waals surface area (Å²) in [7, 11) is 0. The smallest absolute Gasteiger partial charge is 0.273 e. The first-order valence-electron chi connectivity index (χ1n) is 5.32. The van der Waals surface area contributed by atoms with Crippen molar-refractivity contribution in [2.24, 2.45) is 0 Å². The highest BCUT2D eigenvalue weighted by Crippen LogP contribution is 2.33. The Morgan fingerprint density at radius 2 is 2.28 bits per heavy atom. The molecule has 3 rings (SSSR count). The van der Waals surface area contributed by atoms with Gasteiger partial charge in [-0.15, -0.1) is 22.7 Å². The molecule has 1 fully saturated rings. The van der Waals surface area contributed by atoms with Crippen molar-refractivity contribution < 1.29 is 9.90 Å². The number of amides is 1. The fraction of sp³-hybridized carbons (Fsp3) is 0.273. The predicted molar refractivity (Wildman–Crippen MR) is 75.0 cm³/mol. The lowest BCUT2D eigenvalue weighted by molar-refractivity contribution is 0.00556. The van der Waals surface area contributed by atoms with Crippen molar-refractivity contribution in [1.82, 2.24) is 9.88 Å². The number of hydrogen-bond acceptors (Lipinski definition) is 5. The van der Waals surface area contributed by atoms with E-state index in [9.17, 15) is 9.90 Å². The van der Waals surface area contributed by atoms with Crippen LogP contribution in [0.1, 0.15) is 10.5 Å². The third-order valence-corrected chi connectivity index (χ3v) is 5.29. The van der Waals surface area contributed by atoms with Gasteiger partial charge in [0.1, 0.15) is 10.7 Å². The van der Waals surface area contributed by atoms with Crippen molar-refractivity contribution in [3.05, 3.63) is 27.0 Å². The van der Waals surface area contributed by atoms with E-state index in [1.165, 1.54) is 11.3 Å². The zero-order valence-electron chi connectivity index (χ0n) is 9.17. The summed E-state index contributed by atoms with van der Waals surface area (Å²) in [6.07, 6.45) is -0.375. The number of aliphatic hydroxyl groups is 1. The molecule has 0 spiro atoms. The van der Waals surface area contributed by atoms with Crippen LogP contribution in [-0.4, -0.2) is 40.1 Å². The Bertz CT molecular complexity index is 589. The van der Waals surface area contributed by atoms with Gasteiger partial charge in [0.25, 0.3) is 5.91 Å². The van der Waals surface area contributed by atoms with Crippen molar-refractivity contribution in [3.8, 4) is 9.88 Å². The molecule has 1 aliphatic heterocycles. The van der Waals surface area contributed by atoms with E-state index in [0.717, 1.165) is 13.7 Å². The van der Waals surface area contributed by atoms with E-state index >= 15 is 0 Å². The number of nitrogens with zero attached hydrogens (tertiary/aromatic N) is 2. The van der Waals surface area contributed by atoms with Crippen molar-refractivity contribution in [2.75, 3.05) is 13.1 Å². The van der Waals surface area contributed by atoms with Crippen LogP contribution in [0.2, 0.25) is 0 Å². The number of thiophene rings is 1. The molecule has 1 aliphatic rings. The van der Waals surface area contributed by atoms with Crippen molar-refractivity contribution >= 4 is 44.5 Å². The summed E-state index contributed by atoms with van der Waals surface area (Å²) < 4.78 is 1.05. The Kier molecular flexibility index (Phi) is 3.23. The molecule has 7 heteroatoms. The number of halogens is 1. The first-order valence-corrected chi connectivity index (χ1v) is 7.81. The maximum Gasteiger partial charge on any atom is 0.273 e. The van der Waals surface area contributed by atoms with Gasteiger partial charge < -0.3 is 10.0 Å². The first kappa shape index (κ1) is 12.3. The van der Waals surface area contributed by atoms with Crippen LogP contribution >= 0.6 is 38.6 Å². The molecule has 1 saturated heterocycles. The molecule has 0 radical (unpaired) electrons. The monoisotopic (exact) mass is 344 g/mol. The van der Waals surface area contributed by atoms with Crippen LogP contribution in [-0.2, 0) is 0 Å². The maximum atomic E-state index is 12.0. The summed E-state index contributed by atoms with van der Waals surface area (Å²) in [5, 5.41) is 11.8. The van der Waals surface area contributed by atoms with Gasteiger partial charge in [-0.05, 0) is 28.1 Å². The van der Waals surface area contributed by atoms with Gasteiger partial charge >= 0.3 is 0 Å². The van der Waals surface area contributed by atoms with E-state index < -0.39 is 0 Å². The van der Waals surface area contributed by atoms with Gasteiger partial charge in [0, 0.05) is 18.5 Å². The minimum atomic E-state index is -0.375. The van der Waals surface area contributed by atoms with Crippen LogP contribution in [0.3, 0.4) is 0 Å². The van der Waals surface area contributed by atoms with Crippen LogP contribution in [0.4, 0.5) is 0 Å². The van der Waals surface area contributed by atoms with E-state index in [-0.39, 0.29) is 12.0 Å². The Morgan fingerprint density at radius 3 is 2.89 bits per heavy atom. The molecule has 0 saturated carbocycles. The van der Waals surface area contributed by atoms with Crippen molar-refractivity contribution in [3.63, 3.8) is 0 Å². The van der Waals surface area contributed by atoms with Gasteiger partial charge in [-0.1, -0.05) is 0 Å². The Hall–Kier alpha value is -0.760. The molecule has 0 unspecified atom stereocenters. The lowest BCUT2D eigenvalue weighted by Gasteiger charge is -2.35. The largest absolute Gasteiger partial charge is 0.389 e. The van der Waals surface area contributed by atoms with Gasteiger partial charge in [0.2, 0.25) is 0 Å². The van der Waals surface area contributed by atoms with E-state index in [1.807, 2.05) is 12.1 Å². The van der Waals surface area contributed by atoms with Crippen LogP contribution in [0, 0.1) is 0 Å². The molecule has 0 bridgehead atoms. The molecule has 2 aromatic heterocycles. The van der Waals surface area contributed by atoms with Crippen LogP contribution < -0.4 is 0 Å². The average Bonchev–Trinajstić information content (AvgIpc) is 2.92. The molecule has 0 atom stereocenters. The fourth-order valence-electron chi connectivity index (χ4n) is 1.70. The van der Waals surface area contributed by atoms with Crippen LogP contribution in [0.25, 0.3) is 9.88 Å². The van der Waals surface area contributed by atoms with Gasteiger partial charge in [0.15, 0.2) is 0 Å². The van der Waals surface area contributed by atoms with Crippen molar-refractivity contribution in [1.29, 1.82) is 0 Å². The lowest BCUT2D eigenvalue weighted by Crippen LogP contribution is -2.53. The number of likely N-dealkylation sites (tertiary alicyclic amines) is 1. The quantitative estimate of drug-likeness (QED) is 0.910. The average molecular weight is 345 g/mol. The number of aliphatic hydroxyl groups excluding tert-OH is 1. The first-order chi connectivity index (χ1) is 8.63. The summed E-state index contributed by atoms with van der Waals surface area (Å²) in [6.45, 7) is 0.826. The zero-order chi connectivity index (χ0) is 12.7. The molecule has 3 heterocycles. The number of aromatic nitrogens is 1. The van der Waals surface area contributed by atoms with E-state index in [1.54, 1.807) is 21.6 Å². The third-order valence-electron chi connectivity index (χ3n) is 2.66. The molecule has 1 N–H and O–H groups in total. The van der Waals surface area contributed by atoms with Crippen LogP contribution in [0.5, 0.6) is 0 Å². The van der Waals surface area contributed by atoms with Crippen LogP contribution in [0.15, 0.2) is 21.3 Å². The summed E-state index contributed by atoms with van der Waals surface area (Å²) in [4.78, 5) is 19.0. The van der Waals surface area contributed by atoms with Gasteiger partial charge in [-0.25, -0.2) is 4.98 Å². The summed E-state index contributed by atoms with van der Waals surface area (Å²) in [5.41, 5.74) is 0.464. The molecule has 2 aromatic rings. The second-order valence-electron chi connectivity index (χ2n) is 4.01. The van der Waals surface area contributed by atoms with Gasteiger partial charge in [-0.2, -0.15) is 0 Å². The summed E-state index contributed by atoms with van der Waals surface area (Å²) >= 11 is 6.47. The minimum absolute atomic E-state index is 0.0987. The van der Waals surface area contributed by atoms with E-state index in [4.69, 9.17) is 0 Å². The third kappa shape index (κ3) is 2.23. The van der Waals surface area contributed by atoms with Gasteiger partial charge in [0.05, 0.1) is 14.8 Å². The second kappa shape index (κ2) is 4.73. The van der Waals surface area contributed by atoms with Crippen molar-refractivity contribution in [2.45, 2.75) is 6.10 Å². The number of hydrogen-bond donors (Lipinski definition) is 1. The second-order valence-corrected chi connectivity index (χ2v) is 7.33. The number of β-amino-alcohol motifs (C(OH)–C–C–N with tert-alkyl or cyclic N) is 1. The lowest BCUT2D eigenvalue weighted by atomic mass is 10.1. The zero-order valence-corrected chi connectivity index (χ0v) is 12.4. The van der Waals surface area contributed by atoms with Gasteiger partial charge in [-0.3, -0.25) is 4.79 Å². The highest BCUT2D eigenvalue weighted by atomic mass is 79.9. The number of carbonyl (C=O) groups is 1. The number of thiazole rings is 1. The number of rotatable bonds is 2. The normalized spacial score (nSPS) is 15.8. The Labute approximate surface area is 120 Å². The molecule has 1 amide bonds. The highest BCUT2D eigenvalue weighted by Gasteiger charge is 2.30. The molecular formula is C11H9BrN2O2S2. The topological polar surface area (TPSA) is 53.4 Å². The molecule has 4 nitrogen and oxygen atoms in total. The molecule has 0 aliphatic carbocycles. The Balaban J connectivity index is 1.79. The minimum Gasteiger partial charge on any atom is -0.389 e. The molecule has 94 valence electrons. The predicted octanol–water partition coefficient (Wildman–Crippen LogP) is 2.45. The Morgan fingerprint density at radius 1 is 1.50 bits per heavy atom. The maximum absolute atomic E-state index is 12.0. The summed E-state index contributed by atoms with van der Waals surface area (Å²) in [6, 6.07) is 3.95. The standard InChI is InChI=1S/C11H9BrN2O2S2/c12-9-2-1-8(18-9)10-13-7(5-17-10)11(16)14-3-6(15)4-14/h1-2,5-6,15H,3-4H2. The fourth-order valence-corrected chi connectivity index (χ4v) is 3.95. The SMILES string of the molecule is O=C(c1csc(-c2ccc(Br)s2)n1)N1CC(O)C1. The molecule has 18 heavy (non-hydrogen) atoms. The van der Waals surface area contributed by atoms with E-state index in [2.05, 4.69) is 20.9 Å². The molecule has 0 aromatic carbocycles. The number of carbonyl (C=O) groups excluding carboxylic acids is 1.